The van der Waals surface area contributed by atoms with Crippen LogP contribution in [0.2, 0.25) is 0 Å². The fraction of sp³-hybridized carbons (Fsp3) is 0.562. The minimum atomic E-state index is -3.33. The van der Waals surface area contributed by atoms with Crippen LogP contribution in [0.15, 0.2) is 24.3 Å². The van der Waals surface area contributed by atoms with Crippen molar-refractivity contribution in [2.45, 2.75) is 18.9 Å². The molecule has 3 rings (SSSR count). The van der Waals surface area contributed by atoms with E-state index in [0.29, 0.717) is 18.7 Å². The van der Waals surface area contributed by atoms with E-state index in [1.54, 1.807) is 12.1 Å². The van der Waals surface area contributed by atoms with E-state index in [1.807, 2.05) is 12.1 Å². The summed E-state index contributed by atoms with van der Waals surface area (Å²) in [6.07, 6.45) is 1.86. The lowest BCUT2D eigenvalue weighted by Crippen LogP contribution is -2.63. The van der Waals surface area contributed by atoms with E-state index in [1.165, 1.54) is 18.5 Å². The van der Waals surface area contributed by atoms with Crippen LogP contribution in [0, 0.1) is 5.41 Å². The van der Waals surface area contributed by atoms with Crippen molar-refractivity contribution < 1.29 is 17.9 Å². The minimum Gasteiger partial charge on any atom is -0.465 e. The standard InChI is InChI=1S/C16H23N3O4S/c1-17-24(21,22)19-10-16(11-19)7-8-18-14(9-16)12-3-5-13(6-4-12)15(20)23-2/h3-6,14,17-18H,7-11H2,1-2H3. The maximum atomic E-state index is 11.8. The molecule has 2 N–H and O–H groups in total. The van der Waals surface area contributed by atoms with Crippen LogP contribution < -0.4 is 10.0 Å². The van der Waals surface area contributed by atoms with Crippen LogP contribution in [0.3, 0.4) is 0 Å². The Morgan fingerprint density at radius 1 is 1.33 bits per heavy atom. The first-order chi connectivity index (χ1) is 11.4. The molecule has 7 nitrogen and oxygen atoms in total. The van der Waals surface area contributed by atoms with Gasteiger partial charge in [-0.3, -0.25) is 0 Å². The van der Waals surface area contributed by atoms with Crippen molar-refractivity contribution in [3.8, 4) is 0 Å². The van der Waals surface area contributed by atoms with Crippen LogP contribution in [-0.4, -0.2) is 52.5 Å². The molecule has 0 radical (unpaired) electrons. The molecule has 24 heavy (non-hydrogen) atoms. The molecular formula is C16H23N3O4S. The van der Waals surface area contributed by atoms with Crippen LogP contribution in [0.1, 0.15) is 34.8 Å². The summed E-state index contributed by atoms with van der Waals surface area (Å²) < 4.78 is 32.3. The molecule has 1 aromatic carbocycles. The zero-order valence-corrected chi connectivity index (χ0v) is 14.7. The van der Waals surface area contributed by atoms with E-state index in [4.69, 9.17) is 4.74 Å². The van der Waals surface area contributed by atoms with Gasteiger partial charge in [0.15, 0.2) is 0 Å². The van der Waals surface area contributed by atoms with Gasteiger partial charge < -0.3 is 10.1 Å². The normalized spacial score (nSPS) is 23.7. The molecule has 0 aliphatic carbocycles. The first-order valence-corrected chi connectivity index (χ1v) is 9.43. The average Bonchev–Trinajstić information content (AvgIpc) is 2.59. The summed E-state index contributed by atoms with van der Waals surface area (Å²) in [6, 6.07) is 7.57. The van der Waals surface area contributed by atoms with Gasteiger partial charge in [0.05, 0.1) is 12.7 Å². The number of ether oxygens (including phenoxy) is 1. The van der Waals surface area contributed by atoms with Gasteiger partial charge in [-0.15, -0.1) is 0 Å². The number of nitrogens with one attached hydrogen (secondary N) is 2. The molecular weight excluding hydrogens is 330 g/mol. The Balaban J connectivity index is 1.68. The Morgan fingerprint density at radius 2 is 2.00 bits per heavy atom. The number of rotatable bonds is 4. The summed E-state index contributed by atoms with van der Waals surface area (Å²) in [4.78, 5) is 11.5. The third kappa shape index (κ3) is 3.19. The van der Waals surface area contributed by atoms with Crippen molar-refractivity contribution in [2.75, 3.05) is 33.8 Å². The fourth-order valence-corrected chi connectivity index (χ4v) is 4.76. The summed E-state index contributed by atoms with van der Waals surface area (Å²) in [5.74, 6) is -0.346. The first-order valence-electron chi connectivity index (χ1n) is 7.99. The third-order valence-corrected chi connectivity index (χ3v) is 6.49. The molecule has 0 amide bonds. The van der Waals surface area contributed by atoms with Crippen molar-refractivity contribution >= 4 is 16.2 Å². The maximum absolute atomic E-state index is 11.8. The lowest BCUT2D eigenvalue weighted by molar-refractivity contribution is 0.0199. The van der Waals surface area contributed by atoms with Gasteiger partial charge in [-0.05, 0) is 37.1 Å². The highest BCUT2D eigenvalue weighted by molar-refractivity contribution is 7.87. The Morgan fingerprint density at radius 3 is 2.58 bits per heavy atom. The van der Waals surface area contributed by atoms with Crippen LogP contribution in [0.25, 0.3) is 0 Å². The second-order valence-corrected chi connectivity index (χ2v) is 8.43. The highest BCUT2D eigenvalue weighted by Gasteiger charge is 2.49. The van der Waals surface area contributed by atoms with Gasteiger partial charge in [0.25, 0.3) is 10.2 Å². The number of piperidine rings is 1. The molecule has 2 fully saturated rings. The quantitative estimate of drug-likeness (QED) is 0.777. The van der Waals surface area contributed by atoms with Gasteiger partial charge in [0, 0.05) is 31.6 Å². The van der Waals surface area contributed by atoms with E-state index < -0.39 is 10.2 Å². The number of hydrogen-bond donors (Lipinski definition) is 2. The van der Waals surface area contributed by atoms with Gasteiger partial charge in [0.1, 0.15) is 0 Å². The summed E-state index contributed by atoms with van der Waals surface area (Å²) >= 11 is 0. The zero-order chi connectivity index (χ0) is 17.4. The number of carbonyl (C=O) groups excluding carboxylic acids is 1. The topological polar surface area (TPSA) is 87.7 Å². The van der Waals surface area contributed by atoms with Crippen LogP contribution >= 0.6 is 0 Å². The molecule has 1 atom stereocenters. The number of hydrogen-bond acceptors (Lipinski definition) is 5. The lowest BCUT2D eigenvalue weighted by atomic mass is 9.70. The minimum absolute atomic E-state index is 0.0425. The molecule has 0 saturated carbocycles. The second kappa shape index (κ2) is 6.44. The first kappa shape index (κ1) is 17.3. The number of esters is 1. The Hall–Kier alpha value is -1.48. The monoisotopic (exact) mass is 353 g/mol. The molecule has 8 heteroatoms. The molecule has 0 aromatic heterocycles. The van der Waals surface area contributed by atoms with Gasteiger partial charge in [-0.25, -0.2) is 9.52 Å². The highest BCUT2D eigenvalue weighted by atomic mass is 32.2. The van der Waals surface area contributed by atoms with Crippen molar-refractivity contribution in [1.82, 2.24) is 14.3 Å². The maximum Gasteiger partial charge on any atom is 0.337 e. The van der Waals surface area contributed by atoms with Crippen LogP contribution in [0.4, 0.5) is 0 Å². The number of carbonyl (C=O) groups is 1. The molecule has 1 unspecified atom stereocenters. The smallest absolute Gasteiger partial charge is 0.337 e. The molecule has 1 aromatic rings. The Labute approximate surface area is 142 Å². The molecule has 2 aliphatic heterocycles. The third-order valence-electron chi connectivity index (χ3n) is 5.04. The summed E-state index contributed by atoms with van der Waals surface area (Å²) in [7, 11) is -0.521. The molecule has 2 aliphatic rings. The average molecular weight is 353 g/mol. The largest absolute Gasteiger partial charge is 0.465 e. The van der Waals surface area contributed by atoms with E-state index in [-0.39, 0.29) is 17.4 Å². The van der Waals surface area contributed by atoms with E-state index in [9.17, 15) is 13.2 Å². The predicted molar refractivity (Wildman–Crippen MR) is 89.7 cm³/mol. The summed E-state index contributed by atoms with van der Waals surface area (Å²) in [5, 5.41) is 3.49. The SMILES string of the molecule is CNS(=O)(=O)N1CC2(CCNC(c3ccc(C(=O)OC)cc3)C2)C1. The van der Waals surface area contributed by atoms with Crippen molar-refractivity contribution in [2.24, 2.45) is 5.41 Å². The Kier molecular flexibility index (Phi) is 4.65. The van der Waals surface area contributed by atoms with E-state index in [0.717, 1.165) is 24.9 Å². The zero-order valence-electron chi connectivity index (χ0n) is 13.9. The van der Waals surface area contributed by atoms with Gasteiger partial charge >= 0.3 is 5.97 Å². The second-order valence-electron chi connectivity index (χ2n) is 6.55. The van der Waals surface area contributed by atoms with E-state index >= 15 is 0 Å². The molecule has 0 bridgehead atoms. The van der Waals surface area contributed by atoms with Crippen molar-refractivity contribution in [3.63, 3.8) is 0 Å². The summed E-state index contributed by atoms with van der Waals surface area (Å²) in [6.45, 7) is 1.99. The lowest BCUT2D eigenvalue weighted by Gasteiger charge is -2.53. The van der Waals surface area contributed by atoms with Gasteiger partial charge in [-0.2, -0.15) is 12.7 Å². The number of nitrogens with zero attached hydrogens (tertiary/aromatic N) is 1. The predicted octanol–water partition coefficient (Wildman–Crippen LogP) is 0.664. The number of benzene rings is 1. The van der Waals surface area contributed by atoms with Crippen molar-refractivity contribution in [1.29, 1.82) is 0 Å². The molecule has 132 valence electrons. The molecule has 2 saturated heterocycles. The highest BCUT2D eigenvalue weighted by Crippen LogP contribution is 2.45. The summed E-state index contributed by atoms with van der Waals surface area (Å²) in [5.41, 5.74) is 1.68. The van der Waals surface area contributed by atoms with Crippen LogP contribution in [0.5, 0.6) is 0 Å². The fourth-order valence-electron chi connectivity index (χ4n) is 3.61. The number of methoxy groups -OCH3 is 1. The van der Waals surface area contributed by atoms with Gasteiger partial charge in [0.2, 0.25) is 0 Å². The van der Waals surface area contributed by atoms with Crippen LogP contribution in [-0.2, 0) is 14.9 Å². The van der Waals surface area contributed by atoms with Crippen molar-refractivity contribution in [3.05, 3.63) is 35.4 Å². The Bertz CT molecular complexity index is 711. The van der Waals surface area contributed by atoms with E-state index in [2.05, 4.69) is 10.0 Å². The molecule has 2 heterocycles. The molecule has 1 spiro atoms. The van der Waals surface area contributed by atoms with Gasteiger partial charge in [-0.1, -0.05) is 12.1 Å².